The fourth-order valence-corrected chi connectivity index (χ4v) is 2.58. The molecule has 2 atom stereocenters. The predicted molar refractivity (Wildman–Crippen MR) is 100 cm³/mol. The normalized spacial score (nSPS) is 14.9. The molecule has 0 spiro atoms. The van der Waals surface area contributed by atoms with Crippen LogP contribution in [0.4, 0.5) is 0 Å². The number of hydrogen-bond donors (Lipinski definition) is 1. The molecule has 0 amide bonds. The molecule has 0 aliphatic rings. The van der Waals surface area contributed by atoms with E-state index in [-0.39, 0.29) is 5.41 Å². The molecule has 22 heavy (non-hydrogen) atoms. The molecule has 0 aliphatic carbocycles. The SMILES string of the molecule is C=C/C=C(\C(C)C(C)(C)CC(=C)N)N(C)C(=C)CC(C)C=C. The summed E-state index contributed by atoms with van der Waals surface area (Å²) in [5.74, 6) is 0.707. The van der Waals surface area contributed by atoms with Gasteiger partial charge in [0, 0.05) is 30.1 Å². The van der Waals surface area contributed by atoms with Crippen molar-refractivity contribution < 1.29 is 0 Å². The highest BCUT2D eigenvalue weighted by Gasteiger charge is 2.30. The van der Waals surface area contributed by atoms with E-state index in [1.54, 1.807) is 0 Å². The minimum atomic E-state index is 0.0132. The van der Waals surface area contributed by atoms with Crippen molar-refractivity contribution in [1.82, 2.24) is 4.90 Å². The number of hydrogen-bond acceptors (Lipinski definition) is 2. The number of nitrogens with zero attached hydrogens (tertiary/aromatic N) is 1. The topological polar surface area (TPSA) is 29.3 Å². The lowest BCUT2D eigenvalue weighted by atomic mass is 9.74. The molecule has 0 aliphatic heterocycles. The van der Waals surface area contributed by atoms with Gasteiger partial charge in [-0.2, -0.15) is 0 Å². The monoisotopic (exact) mass is 302 g/mol. The summed E-state index contributed by atoms with van der Waals surface area (Å²) in [7, 11) is 2.07. The van der Waals surface area contributed by atoms with E-state index in [1.807, 2.05) is 12.2 Å². The van der Waals surface area contributed by atoms with E-state index in [9.17, 15) is 0 Å². The van der Waals surface area contributed by atoms with Crippen LogP contribution in [0.1, 0.15) is 40.5 Å². The molecule has 0 aromatic rings. The second-order valence-electron chi connectivity index (χ2n) is 6.91. The Morgan fingerprint density at radius 2 is 1.77 bits per heavy atom. The van der Waals surface area contributed by atoms with E-state index in [1.165, 1.54) is 5.70 Å². The lowest BCUT2D eigenvalue weighted by Gasteiger charge is -2.38. The zero-order valence-corrected chi connectivity index (χ0v) is 15.2. The van der Waals surface area contributed by atoms with Gasteiger partial charge in [0.15, 0.2) is 0 Å². The maximum absolute atomic E-state index is 5.83. The quantitative estimate of drug-likeness (QED) is 0.442. The smallest absolute Gasteiger partial charge is 0.0207 e. The Bertz CT molecular complexity index is 454. The number of allylic oxidation sites excluding steroid dienone is 6. The average molecular weight is 303 g/mol. The van der Waals surface area contributed by atoms with Crippen LogP contribution >= 0.6 is 0 Å². The van der Waals surface area contributed by atoms with Gasteiger partial charge in [-0.1, -0.05) is 59.6 Å². The molecule has 2 nitrogen and oxygen atoms in total. The zero-order chi connectivity index (χ0) is 17.5. The molecule has 0 saturated heterocycles. The molecule has 0 saturated carbocycles. The van der Waals surface area contributed by atoms with Gasteiger partial charge in [-0.3, -0.25) is 0 Å². The summed E-state index contributed by atoms with van der Waals surface area (Å²) in [4.78, 5) is 2.17. The number of nitrogens with two attached hydrogens (primary N) is 1. The van der Waals surface area contributed by atoms with Crippen LogP contribution in [0.2, 0.25) is 0 Å². The summed E-state index contributed by atoms with van der Waals surface area (Å²) >= 11 is 0. The van der Waals surface area contributed by atoms with E-state index in [0.29, 0.717) is 11.8 Å². The Morgan fingerprint density at radius 1 is 1.23 bits per heavy atom. The first-order valence-corrected chi connectivity index (χ1v) is 7.86. The van der Waals surface area contributed by atoms with Crippen LogP contribution in [0, 0.1) is 17.3 Å². The fraction of sp³-hybridized carbons (Fsp3) is 0.500. The van der Waals surface area contributed by atoms with E-state index in [0.717, 1.165) is 24.2 Å². The largest absolute Gasteiger partial charge is 0.402 e. The van der Waals surface area contributed by atoms with Gasteiger partial charge in [0.2, 0.25) is 0 Å². The highest BCUT2D eigenvalue weighted by molar-refractivity contribution is 5.20. The molecule has 0 bridgehead atoms. The standard InChI is InChI=1S/C20H34N2/c1-10-12-19(18(6)20(7,8)14-16(4)21)22(9)17(5)13-15(3)11-2/h10-12,15,18H,1-2,4-5,13-14,21H2,3,6-9H3/b19-12+. The van der Waals surface area contributed by atoms with Gasteiger partial charge in [0.1, 0.15) is 0 Å². The molecule has 0 heterocycles. The molecule has 0 aromatic carbocycles. The van der Waals surface area contributed by atoms with Gasteiger partial charge >= 0.3 is 0 Å². The van der Waals surface area contributed by atoms with Crippen molar-refractivity contribution in [3.63, 3.8) is 0 Å². The minimum Gasteiger partial charge on any atom is -0.402 e. The Labute approximate surface area is 137 Å². The molecular formula is C20H34N2. The Balaban J connectivity index is 5.33. The van der Waals surface area contributed by atoms with Gasteiger partial charge in [-0.05, 0) is 30.3 Å². The maximum atomic E-state index is 5.83. The first-order valence-electron chi connectivity index (χ1n) is 7.86. The van der Waals surface area contributed by atoms with Crippen LogP contribution in [0.3, 0.4) is 0 Å². The van der Waals surface area contributed by atoms with E-state index in [2.05, 4.69) is 72.0 Å². The molecule has 2 unspecified atom stereocenters. The van der Waals surface area contributed by atoms with Crippen molar-refractivity contribution in [3.8, 4) is 0 Å². The molecule has 0 radical (unpaired) electrons. The Kier molecular flexibility index (Phi) is 8.00. The lowest BCUT2D eigenvalue weighted by molar-refractivity contribution is 0.226. The van der Waals surface area contributed by atoms with Crippen molar-refractivity contribution in [2.75, 3.05) is 7.05 Å². The molecule has 2 N–H and O–H groups in total. The highest BCUT2D eigenvalue weighted by atomic mass is 15.1. The first kappa shape index (κ1) is 20.3. The molecule has 0 aromatic heterocycles. The Morgan fingerprint density at radius 3 is 2.18 bits per heavy atom. The van der Waals surface area contributed by atoms with E-state index >= 15 is 0 Å². The van der Waals surface area contributed by atoms with Crippen LogP contribution in [0.5, 0.6) is 0 Å². The maximum Gasteiger partial charge on any atom is 0.0207 e. The first-order chi connectivity index (χ1) is 10.1. The summed E-state index contributed by atoms with van der Waals surface area (Å²) < 4.78 is 0. The summed E-state index contributed by atoms with van der Waals surface area (Å²) in [6.07, 6.45) is 7.54. The van der Waals surface area contributed by atoms with Gasteiger partial charge in [0.25, 0.3) is 0 Å². The second-order valence-corrected chi connectivity index (χ2v) is 6.91. The van der Waals surface area contributed by atoms with Gasteiger partial charge in [-0.25, -0.2) is 0 Å². The fourth-order valence-electron chi connectivity index (χ4n) is 2.58. The number of rotatable bonds is 10. The van der Waals surface area contributed by atoms with Crippen molar-refractivity contribution >= 4 is 0 Å². The summed E-state index contributed by atoms with van der Waals surface area (Å²) in [6.45, 7) is 24.6. The van der Waals surface area contributed by atoms with Crippen LogP contribution < -0.4 is 5.73 Å². The third-order valence-corrected chi connectivity index (χ3v) is 4.41. The van der Waals surface area contributed by atoms with E-state index < -0.39 is 0 Å². The minimum absolute atomic E-state index is 0.0132. The van der Waals surface area contributed by atoms with Crippen LogP contribution in [-0.2, 0) is 0 Å². The van der Waals surface area contributed by atoms with Crippen molar-refractivity contribution in [3.05, 3.63) is 61.6 Å². The van der Waals surface area contributed by atoms with Crippen LogP contribution in [0.25, 0.3) is 0 Å². The summed E-state index contributed by atoms with van der Waals surface area (Å²) in [6, 6.07) is 0. The molecule has 124 valence electrons. The van der Waals surface area contributed by atoms with Crippen molar-refractivity contribution in [2.24, 2.45) is 23.0 Å². The van der Waals surface area contributed by atoms with Crippen LogP contribution in [-0.4, -0.2) is 11.9 Å². The molecule has 2 heteroatoms. The second kappa shape index (κ2) is 8.67. The molecule has 0 fully saturated rings. The average Bonchev–Trinajstić information content (AvgIpc) is 2.41. The van der Waals surface area contributed by atoms with Gasteiger partial charge in [0.05, 0.1) is 0 Å². The lowest BCUT2D eigenvalue weighted by Crippen LogP contribution is -2.32. The van der Waals surface area contributed by atoms with E-state index in [4.69, 9.17) is 5.73 Å². The van der Waals surface area contributed by atoms with Gasteiger partial charge < -0.3 is 10.6 Å². The highest BCUT2D eigenvalue weighted by Crippen LogP contribution is 2.38. The summed E-state index contributed by atoms with van der Waals surface area (Å²) in [5, 5.41) is 0. The summed E-state index contributed by atoms with van der Waals surface area (Å²) in [5.41, 5.74) is 8.84. The zero-order valence-electron chi connectivity index (χ0n) is 15.2. The van der Waals surface area contributed by atoms with Crippen molar-refractivity contribution in [1.29, 1.82) is 0 Å². The molecular weight excluding hydrogens is 268 g/mol. The third kappa shape index (κ3) is 5.97. The van der Waals surface area contributed by atoms with Gasteiger partial charge in [-0.15, -0.1) is 6.58 Å². The Hall–Kier alpha value is -1.70. The predicted octanol–water partition coefficient (Wildman–Crippen LogP) is 5.24. The third-order valence-electron chi connectivity index (χ3n) is 4.41. The van der Waals surface area contributed by atoms with Crippen molar-refractivity contribution in [2.45, 2.75) is 40.5 Å². The van der Waals surface area contributed by atoms with Crippen LogP contribution in [0.15, 0.2) is 61.6 Å². The molecule has 0 rings (SSSR count).